The van der Waals surface area contributed by atoms with Crippen molar-refractivity contribution >= 4 is 28.6 Å². The highest BCUT2D eigenvalue weighted by molar-refractivity contribution is 6.04. The van der Waals surface area contributed by atoms with Crippen LogP contribution in [0.5, 0.6) is 5.88 Å². The highest BCUT2D eigenvalue weighted by Gasteiger charge is 2.23. The van der Waals surface area contributed by atoms with Gasteiger partial charge in [-0.15, -0.1) is 0 Å². The van der Waals surface area contributed by atoms with E-state index in [1.54, 1.807) is 37.2 Å². The molecule has 4 aromatic rings. The summed E-state index contributed by atoms with van der Waals surface area (Å²) in [5.74, 6) is 0.695. The summed E-state index contributed by atoms with van der Waals surface area (Å²) in [5.41, 5.74) is 4.07. The number of imidazole rings is 1. The molecule has 5 heterocycles. The first-order valence-corrected chi connectivity index (χ1v) is 13.9. The lowest BCUT2D eigenvalue weighted by Gasteiger charge is -2.34. The fraction of sp³-hybridized carbons (Fsp3) is 0.448. The molecule has 1 aromatic carbocycles. The van der Waals surface area contributed by atoms with Gasteiger partial charge in [-0.2, -0.15) is 5.10 Å². The first-order chi connectivity index (χ1) is 19.3. The van der Waals surface area contributed by atoms with E-state index in [2.05, 4.69) is 50.9 Å². The van der Waals surface area contributed by atoms with E-state index in [0.717, 1.165) is 56.5 Å². The number of ether oxygens (including phenoxy) is 1. The smallest absolute Gasteiger partial charge is 0.259 e. The van der Waals surface area contributed by atoms with Gasteiger partial charge in [0.25, 0.3) is 11.5 Å². The Kier molecular flexibility index (Phi) is 6.83. The van der Waals surface area contributed by atoms with Crippen LogP contribution in [0.25, 0.3) is 22.2 Å². The predicted molar refractivity (Wildman–Crippen MR) is 155 cm³/mol. The zero-order valence-corrected chi connectivity index (χ0v) is 23.6. The Morgan fingerprint density at radius 1 is 1.00 bits per heavy atom. The van der Waals surface area contributed by atoms with Crippen molar-refractivity contribution < 1.29 is 9.53 Å². The zero-order chi connectivity index (χ0) is 28.0. The lowest BCUT2D eigenvalue weighted by molar-refractivity contribution is 0.102. The summed E-state index contributed by atoms with van der Waals surface area (Å²) < 4.78 is 11.3. The van der Waals surface area contributed by atoms with Crippen LogP contribution in [0.1, 0.15) is 42.6 Å². The summed E-state index contributed by atoms with van der Waals surface area (Å²) in [7, 11) is 5.59. The number of amides is 1. The Labute approximate surface area is 233 Å². The van der Waals surface area contributed by atoms with Gasteiger partial charge in [-0.1, -0.05) is 0 Å². The molecule has 0 aliphatic carbocycles. The largest absolute Gasteiger partial charge is 0.477 e. The number of aromatic nitrogens is 5. The van der Waals surface area contributed by atoms with Crippen molar-refractivity contribution in [1.29, 1.82) is 0 Å². The number of benzene rings is 1. The van der Waals surface area contributed by atoms with Crippen molar-refractivity contribution in [3.63, 3.8) is 0 Å². The number of carbonyl (C=O) groups excluding carboxylic acids is 1. The average molecular weight is 545 g/mol. The second-order valence-corrected chi connectivity index (χ2v) is 11.0. The molecule has 2 aliphatic rings. The van der Waals surface area contributed by atoms with Crippen LogP contribution in [-0.2, 0) is 14.1 Å². The third kappa shape index (κ3) is 4.74. The maximum Gasteiger partial charge on any atom is 0.259 e. The molecule has 1 unspecified atom stereocenters. The van der Waals surface area contributed by atoms with E-state index in [1.165, 1.54) is 10.3 Å². The maximum atomic E-state index is 13.6. The molecular formula is C29H36N8O3. The molecule has 11 nitrogen and oxygen atoms in total. The van der Waals surface area contributed by atoms with Crippen molar-refractivity contribution in [2.75, 3.05) is 50.1 Å². The zero-order valence-electron chi connectivity index (χ0n) is 23.6. The van der Waals surface area contributed by atoms with Gasteiger partial charge in [0.05, 0.1) is 40.5 Å². The van der Waals surface area contributed by atoms with Crippen LogP contribution in [0, 0.1) is 0 Å². The monoisotopic (exact) mass is 544 g/mol. The normalized spacial score (nSPS) is 18.9. The van der Waals surface area contributed by atoms with Gasteiger partial charge < -0.3 is 23.7 Å². The number of nitrogens with one attached hydrogen (secondary N) is 1. The van der Waals surface area contributed by atoms with Crippen LogP contribution in [0.15, 0.2) is 41.5 Å². The van der Waals surface area contributed by atoms with Gasteiger partial charge in [-0.3, -0.25) is 14.9 Å². The molecule has 2 aliphatic heterocycles. The maximum absolute atomic E-state index is 13.6. The molecule has 1 atom stereocenters. The van der Waals surface area contributed by atoms with E-state index in [-0.39, 0.29) is 17.5 Å². The van der Waals surface area contributed by atoms with Crippen molar-refractivity contribution in [3.8, 4) is 17.0 Å². The Balaban J connectivity index is 1.43. The van der Waals surface area contributed by atoms with Crippen LogP contribution in [0.4, 0.5) is 11.6 Å². The van der Waals surface area contributed by atoms with Gasteiger partial charge in [0.2, 0.25) is 11.8 Å². The molecule has 40 heavy (non-hydrogen) atoms. The predicted octanol–water partition coefficient (Wildman–Crippen LogP) is 3.26. The van der Waals surface area contributed by atoms with E-state index >= 15 is 0 Å². The SMILES string of the molecule is CC1CCCCOc2c(cnn2C)-c2cc(cn(C)c2=O)C(=O)Nc2nc3ccc(N4CCN(C)CC4)cc3n21. The number of hydrogen-bond donors (Lipinski definition) is 1. The first-order valence-electron chi connectivity index (χ1n) is 13.9. The van der Waals surface area contributed by atoms with Crippen LogP contribution in [-0.4, -0.2) is 74.5 Å². The molecule has 0 radical (unpaired) electrons. The second kappa shape index (κ2) is 10.5. The lowest BCUT2D eigenvalue weighted by atomic mass is 10.1. The number of hydrogen-bond acceptors (Lipinski definition) is 7. The van der Waals surface area contributed by atoms with E-state index in [9.17, 15) is 9.59 Å². The quantitative estimate of drug-likeness (QED) is 0.392. The molecule has 1 fully saturated rings. The Hall–Kier alpha value is -4.12. The Morgan fingerprint density at radius 3 is 2.60 bits per heavy atom. The minimum atomic E-state index is -0.332. The first kappa shape index (κ1) is 26.1. The number of anilines is 2. The standard InChI is InChI=1S/C29H36N8O3/c1-19-7-5-6-14-40-28-23(17-30-35(28)4)22-15-20(18-34(3)27(22)39)26(38)32-29-31-24-9-8-21(16-25(24)37(19)29)36-12-10-33(2)11-13-36/h8-9,15-19H,5-7,10-14H2,1-4H3,(H,31,32,38). The average Bonchev–Trinajstić information content (AvgIpc) is 3.48. The van der Waals surface area contributed by atoms with Crippen molar-refractivity contribution in [3.05, 3.63) is 52.6 Å². The van der Waals surface area contributed by atoms with Gasteiger partial charge in [0, 0.05) is 58.2 Å². The molecule has 2 bridgehead atoms. The fourth-order valence-corrected chi connectivity index (χ4v) is 5.70. The van der Waals surface area contributed by atoms with E-state index < -0.39 is 0 Å². The highest BCUT2D eigenvalue weighted by Crippen LogP contribution is 2.32. The summed E-state index contributed by atoms with van der Waals surface area (Å²) in [4.78, 5) is 36.4. The van der Waals surface area contributed by atoms with Crippen LogP contribution >= 0.6 is 0 Å². The molecular weight excluding hydrogens is 508 g/mol. The van der Waals surface area contributed by atoms with Gasteiger partial charge in [-0.05, 0) is 57.5 Å². The van der Waals surface area contributed by atoms with Gasteiger partial charge >= 0.3 is 0 Å². The number of piperazine rings is 1. The molecule has 6 rings (SSSR count). The van der Waals surface area contributed by atoms with E-state index in [0.29, 0.717) is 35.1 Å². The molecule has 1 amide bonds. The van der Waals surface area contributed by atoms with Gasteiger partial charge in [0.1, 0.15) is 0 Å². The van der Waals surface area contributed by atoms with E-state index in [1.807, 2.05) is 6.07 Å². The Bertz CT molecular complexity index is 1630. The highest BCUT2D eigenvalue weighted by atomic mass is 16.5. The molecule has 3 aromatic heterocycles. The number of rotatable bonds is 1. The molecule has 1 saturated heterocycles. The summed E-state index contributed by atoms with van der Waals surface area (Å²) in [6.07, 6.45) is 5.83. The minimum Gasteiger partial charge on any atom is -0.477 e. The van der Waals surface area contributed by atoms with Crippen LogP contribution < -0.4 is 20.5 Å². The molecule has 210 valence electrons. The third-order valence-corrected chi connectivity index (χ3v) is 8.08. The number of pyridine rings is 1. The lowest BCUT2D eigenvalue weighted by Crippen LogP contribution is -2.44. The third-order valence-electron chi connectivity index (χ3n) is 8.08. The summed E-state index contributed by atoms with van der Waals surface area (Å²) in [6.45, 7) is 6.67. The van der Waals surface area contributed by atoms with Crippen LogP contribution in [0.3, 0.4) is 0 Å². The second-order valence-electron chi connectivity index (χ2n) is 11.0. The Morgan fingerprint density at radius 2 is 1.80 bits per heavy atom. The molecule has 1 N–H and O–H groups in total. The van der Waals surface area contributed by atoms with Gasteiger partial charge in [-0.25, -0.2) is 9.67 Å². The molecule has 0 spiro atoms. The van der Waals surface area contributed by atoms with Crippen molar-refractivity contribution in [2.24, 2.45) is 14.1 Å². The number of nitrogens with zero attached hydrogens (tertiary/aromatic N) is 7. The summed E-state index contributed by atoms with van der Waals surface area (Å²) >= 11 is 0. The van der Waals surface area contributed by atoms with E-state index in [4.69, 9.17) is 9.72 Å². The number of likely N-dealkylation sites (N-methyl/N-ethyl adjacent to an activating group) is 1. The van der Waals surface area contributed by atoms with Gasteiger partial charge in [0.15, 0.2) is 0 Å². The number of aryl methyl sites for hydroxylation is 2. The van der Waals surface area contributed by atoms with Crippen molar-refractivity contribution in [1.82, 2.24) is 28.8 Å². The topological polar surface area (TPSA) is 102 Å². The number of carbonyl (C=O) groups is 1. The summed E-state index contributed by atoms with van der Waals surface area (Å²) in [6, 6.07) is 8.07. The minimum absolute atomic E-state index is 0.0936. The molecule has 0 saturated carbocycles. The van der Waals surface area contributed by atoms with Crippen LogP contribution in [0.2, 0.25) is 0 Å². The summed E-state index contributed by atoms with van der Waals surface area (Å²) in [5, 5.41) is 7.38. The number of fused-ring (bicyclic) bond motifs is 7. The molecule has 11 heteroatoms. The fourth-order valence-electron chi connectivity index (χ4n) is 5.70. The van der Waals surface area contributed by atoms with Crippen molar-refractivity contribution in [2.45, 2.75) is 32.2 Å².